The van der Waals surface area contributed by atoms with Gasteiger partial charge in [-0.25, -0.2) is 13.2 Å². The fraction of sp³-hybridized carbons (Fsp3) is 0.235. The van der Waals surface area contributed by atoms with Crippen LogP contribution in [0.5, 0.6) is 11.5 Å². The second-order valence-electron chi connectivity index (χ2n) is 5.15. The van der Waals surface area contributed by atoms with Crippen molar-refractivity contribution in [3.63, 3.8) is 0 Å². The minimum Gasteiger partial charge on any atom is -0.493 e. The average Bonchev–Trinajstić information content (AvgIpc) is 2.60. The number of methoxy groups -OCH3 is 2. The van der Waals surface area contributed by atoms with Crippen LogP contribution in [0.2, 0.25) is 0 Å². The van der Waals surface area contributed by atoms with Gasteiger partial charge in [0.1, 0.15) is 0 Å². The lowest BCUT2D eigenvalue weighted by atomic mass is 10.2. The summed E-state index contributed by atoms with van der Waals surface area (Å²) < 4.78 is 42.2. The molecular weight excluding hydrogens is 346 g/mol. The van der Waals surface area contributed by atoms with Crippen molar-refractivity contribution in [2.45, 2.75) is 11.8 Å². The number of anilines is 1. The third kappa shape index (κ3) is 4.87. The van der Waals surface area contributed by atoms with Crippen molar-refractivity contribution in [1.29, 1.82) is 0 Å². The van der Waals surface area contributed by atoms with Gasteiger partial charge in [0.05, 0.1) is 24.8 Å². The first-order valence-electron chi connectivity index (χ1n) is 7.33. The van der Waals surface area contributed by atoms with Crippen molar-refractivity contribution in [1.82, 2.24) is 0 Å². The van der Waals surface area contributed by atoms with Crippen molar-refractivity contribution < 1.29 is 27.4 Å². The van der Waals surface area contributed by atoms with Gasteiger partial charge >= 0.3 is 5.97 Å². The van der Waals surface area contributed by atoms with E-state index in [0.29, 0.717) is 11.4 Å². The van der Waals surface area contributed by atoms with Crippen molar-refractivity contribution in [2.75, 3.05) is 25.5 Å². The summed E-state index contributed by atoms with van der Waals surface area (Å²) in [7, 11) is -1.05. The number of benzene rings is 2. The predicted octanol–water partition coefficient (Wildman–Crippen LogP) is 2.36. The standard InChI is InChI=1S/C17H19NO6S/c1-12-4-7-14(8-5-12)25(20,21)18-13-6-9-15(16(10-13)22-2)24-11-17(19)23-3/h4-10,18H,11H2,1-3H3. The Balaban J connectivity index is 2.19. The molecule has 2 aromatic carbocycles. The maximum Gasteiger partial charge on any atom is 0.343 e. The Kier molecular flexibility index (Phi) is 5.87. The molecule has 1 N–H and O–H groups in total. The van der Waals surface area contributed by atoms with Gasteiger partial charge < -0.3 is 14.2 Å². The van der Waals surface area contributed by atoms with Crippen molar-refractivity contribution in [3.8, 4) is 11.5 Å². The van der Waals surface area contributed by atoms with Crippen LogP contribution < -0.4 is 14.2 Å². The molecule has 0 atom stereocenters. The van der Waals surface area contributed by atoms with Crippen LogP contribution in [0.15, 0.2) is 47.4 Å². The minimum atomic E-state index is -3.72. The van der Waals surface area contributed by atoms with Gasteiger partial charge in [-0.1, -0.05) is 17.7 Å². The maximum atomic E-state index is 12.4. The average molecular weight is 365 g/mol. The van der Waals surface area contributed by atoms with Crippen LogP contribution in [0.1, 0.15) is 5.56 Å². The van der Waals surface area contributed by atoms with Crippen molar-refractivity contribution in [3.05, 3.63) is 48.0 Å². The highest BCUT2D eigenvalue weighted by atomic mass is 32.2. The van der Waals surface area contributed by atoms with E-state index in [1.165, 1.54) is 44.6 Å². The summed E-state index contributed by atoms with van der Waals surface area (Å²) in [6.45, 7) is 1.60. The molecule has 7 nitrogen and oxygen atoms in total. The van der Waals surface area contributed by atoms with Crippen LogP contribution >= 0.6 is 0 Å². The monoisotopic (exact) mass is 365 g/mol. The molecule has 2 rings (SSSR count). The zero-order valence-corrected chi connectivity index (χ0v) is 14.9. The van der Waals surface area contributed by atoms with E-state index in [4.69, 9.17) is 9.47 Å². The van der Waals surface area contributed by atoms with Gasteiger partial charge in [0.25, 0.3) is 10.0 Å². The molecule has 25 heavy (non-hydrogen) atoms. The van der Waals surface area contributed by atoms with Gasteiger partial charge in [-0.3, -0.25) is 4.72 Å². The number of aryl methyl sites for hydroxylation is 1. The molecule has 0 fully saturated rings. The molecule has 0 saturated carbocycles. The number of sulfonamides is 1. The van der Waals surface area contributed by atoms with Crippen LogP contribution in [0.3, 0.4) is 0 Å². The number of rotatable bonds is 7. The van der Waals surface area contributed by atoms with Crippen LogP contribution in [0.25, 0.3) is 0 Å². The van der Waals surface area contributed by atoms with Crippen molar-refractivity contribution >= 4 is 21.7 Å². The van der Waals surface area contributed by atoms with E-state index < -0.39 is 16.0 Å². The van der Waals surface area contributed by atoms with E-state index in [2.05, 4.69) is 9.46 Å². The Morgan fingerprint density at radius 1 is 1.04 bits per heavy atom. The van der Waals surface area contributed by atoms with Crippen LogP contribution in [0, 0.1) is 6.92 Å². The number of esters is 1. The van der Waals surface area contributed by atoms with Gasteiger partial charge in [0.2, 0.25) is 0 Å². The summed E-state index contributed by atoms with van der Waals surface area (Å²) in [6, 6.07) is 11.0. The van der Waals surface area contributed by atoms with Crippen LogP contribution in [-0.4, -0.2) is 35.2 Å². The van der Waals surface area contributed by atoms with E-state index in [9.17, 15) is 13.2 Å². The molecule has 8 heteroatoms. The van der Waals surface area contributed by atoms with Crippen molar-refractivity contribution in [2.24, 2.45) is 0 Å². The lowest BCUT2D eigenvalue weighted by Gasteiger charge is -2.13. The van der Waals surface area contributed by atoms with E-state index in [0.717, 1.165) is 5.56 Å². The summed E-state index contributed by atoms with van der Waals surface area (Å²) in [5.41, 5.74) is 1.27. The van der Waals surface area contributed by atoms with Crippen LogP contribution in [0.4, 0.5) is 5.69 Å². The zero-order valence-electron chi connectivity index (χ0n) is 14.1. The molecule has 0 aromatic heterocycles. The smallest absolute Gasteiger partial charge is 0.343 e. The molecule has 0 aliphatic heterocycles. The summed E-state index contributed by atoms with van der Waals surface area (Å²) in [6.07, 6.45) is 0. The topological polar surface area (TPSA) is 90.9 Å². The molecule has 134 valence electrons. The highest BCUT2D eigenvalue weighted by Crippen LogP contribution is 2.31. The molecule has 0 heterocycles. The van der Waals surface area contributed by atoms with Gasteiger partial charge in [0, 0.05) is 6.07 Å². The van der Waals surface area contributed by atoms with Gasteiger partial charge in [0.15, 0.2) is 18.1 Å². The third-order valence-electron chi connectivity index (χ3n) is 3.32. The van der Waals surface area contributed by atoms with Gasteiger partial charge in [-0.2, -0.15) is 0 Å². The Labute approximate surface area is 146 Å². The Hall–Kier alpha value is -2.74. The lowest BCUT2D eigenvalue weighted by Crippen LogP contribution is -2.14. The second kappa shape index (κ2) is 7.89. The van der Waals surface area contributed by atoms with E-state index >= 15 is 0 Å². The fourth-order valence-electron chi connectivity index (χ4n) is 1.98. The predicted molar refractivity (Wildman–Crippen MR) is 92.5 cm³/mol. The fourth-order valence-corrected chi connectivity index (χ4v) is 3.03. The molecule has 0 saturated heterocycles. The number of ether oxygens (including phenoxy) is 3. The summed E-state index contributed by atoms with van der Waals surface area (Å²) in [4.78, 5) is 11.3. The quantitative estimate of drug-likeness (QED) is 0.758. The first-order valence-corrected chi connectivity index (χ1v) is 8.81. The van der Waals surface area contributed by atoms with E-state index in [1.54, 1.807) is 12.1 Å². The molecule has 0 aliphatic carbocycles. The number of nitrogens with one attached hydrogen (secondary N) is 1. The molecule has 0 unspecified atom stereocenters. The maximum absolute atomic E-state index is 12.4. The number of carbonyl (C=O) groups excluding carboxylic acids is 1. The molecule has 0 spiro atoms. The zero-order chi connectivity index (χ0) is 18.4. The Morgan fingerprint density at radius 2 is 1.72 bits per heavy atom. The summed E-state index contributed by atoms with van der Waals surface area (Å²) >= 11 is 0. The van der Waals surface area contributed by atoms with E-state index in [1.807, 2.05) is 6.92 Å². The molecule has 0 bridgehead atoms. The minimum absolute atomic E-state index is 0.156. The highest BCUT2D eigenvalue weighted by molar-refractivity contribution is 7.92. The SMILES string of the molecule is COC(=O)COc1ccc(NS(=O)(=O)c2ccc(C)cc2)cc1OC. The highest BCUT2D eigenvalue weighted by Gasteiger charge is 2.16. The van der Waals surface area contributed by atoms with Crippen LogP contribution in [-0.2, 0) is 19.6 Å². The Bertz CT molecular complexity index is 846. The molecule has 0 radical (unpaired) electrons. The Morgan fingerprint density at radius 3 is 2.32 bits per heavy atom. The number of hydrogen-bond donors (Lipinski definition) is 1. The largest absolute Gasteiger partial charge is 0.493 e. The number of hydrogen-bond acceptors (Lipinski definition) is 6. The molecular formula is C17H19NO6S. The first kappa shape index (κ1) is 18.6. The second-order valence-corrected chi connectivity index (χ2v) is 6.83. The summed E-state index contributed by atoms with van der Waals surface area (Å²) in [5.74, 6) is 0.0467. The van der Waals surface area contributed by atoms with Gasteiger partial charge in [-0.15, -0.1) is 0 Å². The molecule has 0 amide bonds. The molecule has 2 aromatic rings. The number of carbonyl (C=O) groups is 1. The third-order valence-corrected chi connectivity index (χ3v) is 4.72. The first-order chi connectivity index (χ1) is 11.9. The van der Waals surface area contributed by atoms with E-state index in [-0.39, 0.29) is 17.3 Å². The molecule has 0 aliphatic rings. The normalized spacial score (nSPS) is 10.8. The lowest BCUT2D eigenvalue weighted by molar-refractivity contribution is -0.142. The van der Waals surface area contributed by atoms with Gasteiger partial charge in [-0.05, 0) is 31.2 Å². The summed E-state index contributed by atoms with van der Waals surface area (Å²) in [5, 5.41) is 0.